The first-order valence-electron chi connectivity index (χ1n) is 24.6. The lowest BCUT2D eigenvalue weighted by Crippen LogP contribution is -2.11. The molecule has 0 radical (unpaired) electrons. The average molecular weight is 745 g/mol. The number of hydrogen-bond acceptors (Lipinski definition) is 3. The van der Waals surface area contributed by atoms with Gasteiger partial charge < -0.3 is 4.74 Å². The van der Waals surface area contributed by atoms with E-state index in [1.165, 1.54) is 238 Å². The fraction of sp³-hybridized carbons (Fsp3) is 0.920. The molecule has 0 atom stereocenters. The Kier molecular flexibility index (Phi) is 46.0. The quantitative estimate of drug-likeness (QED) is 0.0270. The highest BCUT2D eigenvalue weighted by molar-refractivity contribution is 5.85. The van der Waals surface area contributed by atoms with Gasteiger partial charge in [-0.3, -0.25) is 9.59 Å². The zero-order chi connectivity index (χ0) is 38.4. The molecular formula is C50H96O3. The molecule has 0 N–H and O–H groups in total. The summed E-state index contributed by atoms with van der Waals surface area (Å²) in [4.78, 5) is 24.0. The molecule has 0 aromatic rings. The summed E-state index contributed by atoms with van der Waals surface area (Å²) >= 11 is 0. The van der Waals surface area contributed by atoms with Gasteiger partial charge in [-0.25, -0.2) is 0 Å². The van der Waals surface area contributed by atoms with Crippen molar-refractivity contribution in [3.63, 3.8) is 0 Å². The Morgan fingerprint density at radius 3 is 0.698 bits per heavy atom. The van der Waals surface area contributed by atoms with Crippen molar-refractivity contribution in [2.24, 2.45) is 0 Å². The van der Waals surface area contributed by atoms with Crippen molar-refractivity contribution < 1.29 is 14.3 Å². The van der Waals surface area contributed by atoms with Gasteiger partial charge in [-0.15, -0.1) is 0 Å². The van der Waals surface area contributed by atoms with Crippen LogP contribution < -0.4 is 0 Å². The molecular weight excluding hydrogens is 649 g/mol. The number of esters is 2. The van der Waals surface area contributed by atoms with Crippen molar-refractivity contribution >= 4 is 11.9 Å². The Hall–Kier alpha value is -1.12. The lowest BCUT2D eigenvalue weighted by molar-refractivity contribution is -0.159. The standard InChI is InChI=1S/C50H96O3/c1-3-5-7-9-11-13-15-17-19-20-21-22-23-24-25-26-27-28-29-30-31-32-34-36-38-40-42-44-46-48-50(52)53-49(51)47-45-43-41-39-37-35-33-18-16-14-12-10-8-6-4-2/h18,33H,3-17,19-32,34-48H2,1-2H3/b33-18-. The molecule has 0 aliphatic carbocycles. The molecule has 0 bridgehead atoms. The second-order valence-electron chi connectivity index (χ2n) is 16.8. The molecule has 0 aromatic heterocycles. The van der Waals surface area contributed by atoms with Gasteiger partial charge in [0, 0.05) is 12.8 Å². The fourth-order valence-corrected chi connectivity index (χ4v) is 7.68. The zero-order valence-corrected chi connectivity index (χ0v) is 36.5. The van der Waals surface area contributed by atoms with E-state index >= 15 is 0 Å². The Morgan fingerprint density at radius 2 is 0.472 bits per heavy atom. The number of unbranched alkanes of at least 4 members (excludes halogenated alkanes) is 39. The number of ether oxygens (including phenoxy) is 1. The van der Waals surface area contributed by atoms with Gasteiger partial charge in [0.25, 0.3) is 0 Å². The fourth-order valence-electron chi connectivity index (χ4n) is 7.68. The monoisotopic (exact) mass is 745 g/mol. The summed E-state index contributed by atoms with van der Waals surface area (Å²) in [5.74, 6) is -0.657. The highest BCUT2D eigenvalue weighted by Gasteiger charge is 2.10. The first-order chi connectivity index (χ1) is 26.2. The molecule has 0 aliphatic heterocycles. The van der Waals surface area contributed by atoms with Gasteiger partial charge in [0.1, 0.15) is 0 Å². The maximum absolute atomic E-state index is 12.0. The Morgan fingerprint density at radius 1 is 0.283 bits per heavy atom. The van der Waals surface area contributed by atoms with Crippen LogP contribution in [0, 0.1) is 0 Å². The predicted octanol–water partition coefficient (Wildman–Crippen LogP) is 17.8. The van der Waals surface area contributed by atoms with Crippen LogP contribution in [-0.2, 0) is 14.3 Å². The van der Waals surface area contributed by atoms with Gasteiger partial charge in [0.2, 0.25) is 0 Å². The first-order valence-corrected chi connectivity index (χ1v) is 24.6. The second-order valence-corrected chi connectivity index (χ2v) is 16.8. The maximum atomic E-state index is 12.0. The third-order valence-corrected chi connectivity index (χ3v) is 11.4. The SMILES string of the molecule is CCCCCCCC/C=C\CCCCCCCC(=O)OC(=O)CCCCCCCCCCCCCCCCCCCCCCCCCCCCCCC. The highest BCUT2D eigenvalue weighted by atomic mass is 16.6. The van der Waals surface area contributed by atoms with E-state index in [0.29, 0.717) is 12.8 Å². The average Bonchev–Trinajstić information content (AvgIpc) is 3.15. The predicted molar refractivity (Wildman–Crippen MR) is 235 cm³/mol. The minimum atomic E-state index is -0.331. The smallest absolute Gasteiger partial charge is 0.313 e. The molecule has 0 spiro atoms. The lowest BCUT2D eigenvalue weighted by atomic mass is 10.0. The second kappa shape index (κ2) is 47.0. The van der Waals surface area contributed by atoms with E-state index in [-0.39, 0.29) is 11.9 Å². The van der Waals surface area contributed by atoms with E-state index in [1.807, 2.05) is 0 Å². The molecule has 314 valence electrons. The Labute approximate surface area is 333 Å². The summed E-state index contributed by atoms with van der Waals surface area (Å²) in [6, 6.07) is 0. The minimum Gasteiger partial charge on any atom is -0.393 e. The van der Waals surface area contributed by atoms with E-state index in [2.05, 4.69) is 26.0 Å². The minimum absolute atomic E-state index is 0.326. The van der Waals surface area contributed by atoms with E-state index in [1.54, 1.807) is 0 Å². The van der Waals surface area contributed by atoms with Crippen LogP contribution >= 0.6 is 0 Å². The molecule has 0 fully saturated rings. The third kappa shape index (κ3) is 47.0. The van der Waals surface area contributed by atoms with Gasteiger partial charge in [-0.05, 0) is 38.5 Å². The molecule has 0 saturated heterocycles. The van der Waals surface area contributed by atoms with Crippen LogP contribution in [0.25, 0.3) is 0 Å². The number of carbonyl (C=O) groups is 2. The van der Waals surface area contributed by atoms with Crippen molar-refractivity contribution in [3.05, 3.63) is 12.2 Å². The van der Waals surface area contributed by atoms with Crippen LogP contribution in [0.1, 0.15) is 296 Å². The number of rotatable bonds is 45. The summed E-state index contributed by atoms with van der Waals surface area (Å²) in [7, 11) is 0. The lowest BCUT2D eigenvalue weighted by Gasteiger charge is -2.05. The summed E-state index contributed by atoms with van der Waals surface area (Å²) in [6.45, 7) is 4.57. The number of carbonyl (C=O) groups excluding carboxylic acids is 2. The van der Waals surface area contributed by atoms with Crippen LogP contribution in [-0.4, -0.2) is 11.9 Å². The first kappa shape index (κ1) is 51.9. The van der Waals surface area contributed by atoms with Gasteiger partial charge in [-0.2, -0.15) is 0 Å². The Bertz CT molecular complexity index is 743. The molecule has 0 unspecified atom stereocenters. The summed E-state index contributed by atoms with van der Waals surface area (Å²) in [6.07, 6.45) is 61.9. The van der Waals surface area contributed by atoms with Crippen LogP contribution in [0.3, 0.4) is 0 Å². The van der Waals surface area contributed by atoms with E-state index < -0.39 is 0 Å². The van der Waals surface area contributed by atoms with E-state index in [0.717, 1.165) is 32.1 Å². The van der Waals surface area contributed by atoms with Crippen LogP contribution in [0.2, 0.25) is 0 Å². The highest BCUT2D eigenvalue weighted by Crippen LogP contribution is 2.17. The summed E-state index contributed by atoms with van der Waals surface area (Å²) < 4.78 is 5.05. The topological polar surface area (TPSA) is 43.4 Å². The summed E-state index contributed by atoms with van der Waals surface area (Å²) in [5.41, 5.74) is 0. The largest absolute Gasteiger partial charge is 0.393 e. The molecule has 3 nitrogen and oxygen atoms in total. The van der Waals surface area contributed by atoms with Crippen molar-refractivity contribution in [1.82, 2.24) is 0 Å². The summed E-state index contributed by atoms with van der Waals surface area (Å²) in [5, 5.41) is 0. The van der Waals surface area contributed by atoms with Gasteiger partial charge in [0.15, 0.2) is 0 Å². The molecule has 0 aromatic carbocycles. The molecule has 53 heavy (non-hydrogen) atoms. The van der Waals surface area contributed by atoms with Crippen molar-refractivity contribution in [2.75, 3.05) is 0 Å². The van der Waals surface area contributed by atoms with Crippen LogP contribution in [0.5, 0.6) is 0 Å². The van der Waals surface area contributed by atoms with Crippen LogP contribution in [0.15, 0.2) is 12.2 Å². The Balaban J connectivity index is 3.24. The van der Waals surface area contributed by atoms with Gasteiger partial charge in [0.05, 0.1) is 0 Å². The normalized spacial score (nSPS) is 11.6. The molecule has 0 aliphatic rings. The molecule has 0 heterocycles. The molecule has 3 heteroatoms. The number of hydrogen-bond donors (Lipinski definition) is 0. The zero-order valence-electron chi connectivity index (χ0n) is 36.5. The van der Waals surface area contributed by atoms with Crippen molar-refractivity contribution in [2.45, 2.75) is 296 Å². The van der Waals surface area contributed by atoms with E-state index in [4.69, 9.17) is 4.74 Å². The van der Waals surface area contributed by atoms with Crippen molar-refractivity contribution in [3.8, 4) is 0 Å². The molecule has 0 saturated carbocycles. The molecule has 0 amide bonds. The third-order valence-electron chi connectivity index (χ3n) is 11.4. The van der Waals surface area contributed by atoms with Crippen molar-refractivity contribution in [1.29, 1.82) is 0 Å². The van der Waals surface area contributed by atoms with Crippen LogP contribution in [0.4, 0.5) is 0 Å². The van der Waals surface area contributed by atoms with E-state index in [9.17, 15) is 9.59 Å². The molecule has 0 rings (SSSR count). The maximum Gasteiger partial charge on any atom is 0.313 e. The number of allylic oxidation sites excluding steroid dienone is 2. The van der Waals surface area contributed by atoms with Gasteiger partial charge >= 0.3 is 11.9 Å². The van der Waals surface area contributed by atoms with Gasteiger partial charge in [-0.1, -0.05) is 257 Å².